The van der Waals surface area contributed by atoms with Crippen molar-refractivity contribution in [3.05, 3.63) is 28.8 Å². The number of benzene rings is 1. The third kappa shape index (κ3) is 2.70. The van der Waals surface area contributed by atoms with Gasteiger partial charge in [0.05, 0.1) is 18.8 Å². The fourth-order valence-corrected chi connectivity index (χ4v) is 3.58. The number of hydrogen-bond acceptors (Lipinski definition) is 3. The highest BCUT2D eigenvalue weighted by atomic mass is 16.5. The van der Waals surface area contributed by atoms with Crippen LogP contribution in [0.25, 0.3) is 0 Å². The van der Waals surface area contributed by atoms with Crippen LogP contribution in [0.3, 0.4) is 0 Å². The summed E-state index contributed by atoms with van der Waals surface area (Å²) in [6, 6.07) is 4.11. The molecule has 0 heterocycles. The highest BCUT2D eigenvalue weighted by Crippen LogP contribution is 2.45. The molecule has 0 saturated heterocycles. The zero-order valence-electron chi connectivity index (χ0n) is 13.2. The van der Waals surface area contributed by atoms with Gasteiger partial charge in [0.1, 0.15) is 5.75 Å². The van der Waals surface area contributed by atoms with Crippen LogP contribution in [0, 0.1) is 13.8 Å². The van der Waals surface area contributed by atoms with Gasteiger partial charge in [-0.05, 0) is 50.8 Å². The van der Waals surface area contributed by atoms with Gasteiger partial charge < -0.3 is 15.2 Å². The van der Waals surface area contributed by atoms with Gasteiger partial charge in [0.25, 0.3) is 0 Å². The van der Waals surface area contributed by atoms with Gasteiger partial charge in [-0.2, -0.15) is 0 Å². The zero-order chi connectivity index (χ0) is 14.8. The molecule has 1 fully saturated rings. The van der Waals surface area contributed by atoms with Gasteiger partial charge in [-0.3, -0.25) is 0 Å². The number of rotatable bonds is 5. The summed E-state index contributed by atoms with van der Waals surface area (Å²) in [6.45, 7) is 6.95. The molecule has 1 saturated carbocycles. The molecule has 112 valence electrons. The van der Waals surface area contributed by atoms with E-state index in [1.807, 2.05) is 6.92 Å². The molecule has 0 bridgehead atoms. The molecular formula is C17H27NO2. The Balaban J connectivity index is 2.43. The van der Waals surface area contributed by atoms with Gasteiger partial charge in [0.2, 0.25) is 0 Å². The van der Waals surface area contributed by atoms with E-state index in [2.05, 4.69) is 26.0 Å². The molecule has 3 nitrogen and oxygen atoms in total. The van der Waals surface area contributed by atoms with Crippen LogP contribution in [0.2, 0.25) is 0 Å². The van der Waals surface area contributed by atoms with Crippen molar-refractivity contribution in [1.29, 1.82) is 0 Å². The van der Waals surface area contributed by atoms with Crippen molar-refractivity contribution >= 4 is 0 Å². The molecule has 2 rings (SSSR count). The van der Waals surface area contributed by atoms with E-state index in [9.17, 15) is 0 Å². The molecule has 0 amide bonds. The predicted molar refractivity (Wildman–Crippen MR) is 82.2 cm³/mol. The summed E-state index contributed by atoms with van der Waals surface area (Å²) in [4.78, 5) is 0. The van der Waals surface area contributed by atoms with Gasteiger partial charge in [-0.15, -0.1) is 0 Å². The molecule has 1 aromatic rings. The molecule has 1 aliphatic carbocycles. The maximum atomic E-state index is 6.64. The van der Waals surface area contributed by atoms with Crippen LogP contribution in [0.4, 0.5) is 0 Å². The predicted octanol–water partition coefficient (Wildman–Crippen LogP) is 3.66. The van der Waals surface area contributed by atoms with Gasteiger partial charge in [0.15, 0.2) is 0 Å². The highest BCUT2D eigenvalue weighted by molar-refractivity contribution is 5.46. The van der Waals surface area contributed by atoms with E-state index in [4.69, 9.17) is 15.2 Å². The average molecular weight is 277 g/mol. The van der Waals surface area contributed by atoms with E-state index < -0.39 is 0 Å². The summed E-state index contributed by atoms with van der Waals surface area (Å²) in [5.74, 6) is 0.890. The first-order chi connectivity index (χ1) is 9.54. The summed E-state index contributed by atoms with van der Waals surface area (Å²) < 4.78 is 11.7. The van der Waals surface area contributed by atoms with E-state index in [-0.39, 0.29) is 11.6 Å². The third-order valence-corrected chi connectivity index (χ3v) is 4.47. The lowest BCUT2D eigenvalue weighted by molar-refractivity contribution is -0.0541. The van der Waals surface area contributed by atoms with Crippen LogP contribution in [0.15, 0.2) is 12.1 Å². The fraction of sp³-hybridized carbons (Fsp3) is 0.647. The second kappa shape index (κ2) is 6.15. The molecule has 0 aliphatic heterocycles. The number of nitrogens with two attached hydrogens (primary N) is 1. The molecule has 1 atom stereocenters. The highest BCUT2D eigenvalue weighted by Gasteiger charge is 2.42. The Morgan fingerprint density at radius 1 is 1.25 bits per heavy atom. The maximum absolute atomic E-state index is 6.64. The second-order valence-electron chi connectivity index (χ2n) is 5.88. The maximum Gasteiger partial charge on any atom is 0.124 e. The van der Waals surface area contributed by atoms with Crippen LogP contribution in [0.1, 0.15) is 55.3 Å². The Morgan fingerprint density at radius 2 is 1.90 bits per heavy atom. The summed E-state index contributed by atoms with van der Waals surface area (Å²) in [7, 11) is 1.71. The molecule has 1 unspecified atom stereocenters. The quantitative estimate of drug-likeness (QED) is 0.893. The first-order valence-electron chi connectivity index (χ1n) is 7.58. The largest absolute Gasteiger partial charge is 0.496 e. The van der Waals surface area contributed by atoms with Crippen molar-refractivity contribution in [1.82, 2.24) is 0 Å². The molecule has 0 aromatic heterocycles. The lowest BCUT2D eigenvalue weighted by Crippen LogP contribution is -2.42. The molecule has 0 radical (unpaired) electrons. The third-order valence-electron chi connectivity index (χ3n) is 4.47. The van der Waals surface area contributed by atoms with Crippen LogP contribution >= 0.6 is 0 Å². The Labute approximate surface area is 122 Å². The SMILES string of the molecule is CCOC1(C(N)c2c(C)cc(C)cc2OC)CCCC1. The van der Waals surface area contributed by atoms with Crippen molar-refractivity contribution in [2.75, 3.05) is 13.7 Å². The Morgan fingerprint density at radius 3 is 2.45 bits per heavy atom. The van der Waals surface area contributed by atoms with Crippen LogP contribution in [-0.4, -0.2) is 19.3 Å². The number of methoxy groups -OCH3 is 1. The lowest BCUT2D eigenvalue weighted by Gasteiger charge is -2.36. The van der Waals surface area contributed by atoms with E-state index in [1.54, 1.807) is 7.11 Å². The Bertz CT molecular complexity index is 464. The zero-order valence-corrected chi connectivity index (χ0v) is 13.2. The van der Waals surface area contributed by atoms with Crippen molar-refractivity contribution < 1.29 is 9.47 Å². The van der Waals surface area contributed by atoms with Crippen LogP contribution in [-0.2, 0) is 4.74 Å². The van der Waals surface area contributed by atoms with Crippen molar-refractivity contribution in [2.45, 2.75) is 58.1 Å². The molecule has 0 spiro atoms. The number of hydrogen-bond donors (Lipinski definition) is 1. The van der Waals surface area contributed by atoms with Gasteiger partial charge in [-0.25, -0.2) is 0 Å². The number of aryl methyl sites for hydroxylation is 2. The van der Waals surface area contributed by atoms with E-state index in [0.717, 1.165) is 24.2 Å². The summed E-state index contributed by atoms with van der Waals surface area (Å²) in [5.41, 5.74) is 9.92. The van der Waals surface area contributed by atoms with Gasteiger partial charge >= 0.3 is 0 Å². The minimum atomic E-state index is -0.220. The standard InChI is InChI=1S/C17H27NO2/c1-5-20-17(8-6-7-9-17)16(18)15-13(3)10-12(2)11-14(15)19-4/h10-11,16H,5-9,18H2,1-4H3. The topological polar surface area (TPSA) is 44.5 Å². The second-order valence-corrected chi connectivity index (χ2v) is 5.88. The average Bonchev–Trinajstić information content (AvgIpc) is 2.87. The van der Waals surface area contributed by atoms with E-state index >= 15 is 0 Å². The van der Waals surface area contributed by atoms with Crippen LogP contribution < -0.4 is 10.5 Å². The van der Waals surface area contributed by atoms with E-state index in [0.29, 0.717) is 6.61 Å². The normalized spacial score (nSPS) is 19.1. The van der Waals surface area contributed by atoms with Crippen molar-refractivity contribution in [2.24, 2.45) is 5.73 Å². The summed E-state index contributed by atoms with van der Waals surface area (Å²) >= 11 is 0. The minimum Gasteiger partial charge on any atom is -0.496 e. The molecule has 1 aromatic carbocycles. The number of ether oxygens (including phenoxy) is 2. The van der Waals surface area contributed by atoms with Gasteiger partial charge in [-0.1, -0.05) is 18.9 Å². The molecular weight excluding hydrogens is 250 g/mol. The van der Waals surface area contributed by atoms with Gasteiger partial charge in [0, 0.05) is 12.2 Å². The first-order valence-corrected chi connectivity index (χ1v) is 7.58. The molecule has 1 aliphatic rings. The Kier molecular flexibility index (Phi) is 4.71. The monoisotopic (exact) mass is 277 g/mol. The molecule has 2 N–H and O–H groups in total. The lowest BCUT2D eigenvalue weighted by atomic mass is 9.84. The molecule has 3 heteroatoms. The molecule has 20 heavy (non-hydrogen) atoms. The van der Waals surface area contributed by atoms with Crippen molar-refractivity contribution in [3.8, 4) is 5.75 Å². The minimum absolute atomic E-state index is 0.125. The fourth-order valence-electron chi connectivity index (χ4n) is 3.58. The smallest absolute Gasteiger partial charge is 0.124 e. The Hall–Kier alpha value is -1.06. The van der Waals surface area contributed by atoms with E-state index in [1.165, 1.54) is 24.0 Å². The first kappa shape index (κ1) is 15.3. The summed E-state index contributed by atoms with van der Waals surface area (Å²) in [5, 5.41) is 0. The summed E-state index contributed by atoms with van der Waals surface area (Å²) in [6.07, 6.45) is 4.47. The van der Waals surface area contributed by atoms with Crippen LogP contribution in [0.5, 0.6) is 5.75 Å². The van der Waals surface area contributed by atoms with Crippen molar-refractivity contribution in [3.63, 3.8) is 0 Å².